The van der Waals surface area contributed by atoms with Gasteiger partial charge in [-0.1, -0.05) is 45.0 Å². The zero-order valence-electron chi connectivity index (χ0n) is 16.3. The molecule has 2 rings (SSSR count). The van der Waals surface area contributed by atoms with Gasteiger partial charge in [-0.05, 0) is 41.7 Å². The van der Waals surface area contributed by atoms with Crippen molar-refractivity contribution >= 4 is 23.5 Å². The fourth-order valence-corrected chi connectivity index (χ4v) is 2.51. The third kappa shape index (κ3) is 5.61. The number of ether oxygens (including phenoxy) is 1. The molecule has 0 aliphatic rings. The van der Waals surface area contributed by atoms with Gasteiger partial charge in [0.05, 0.1) is 4.92 Å². The molecule has 0 fully saturated rings. The van der Waals surface area contributed by atoms with Gasteiger partial charge in [-0.3, -0.25) is 14.9 Å². The van der Waals surface area contributed by atoms with Crippen LogP contribution in [-0.4, -0.2) is 22.8 Å². The minimum atomic E-state index is -0.922. The SMILES string of the molecule is C[C@H](OC(=O)/C=C/c1ccc([N+](=O)[O-])cc1)C(=O)c1ccc(C(C)(C)C)cc1. The molecule has 6 heteroatoms. The number of ketones is 1. The lowest BCUT2D eigenvalue weighted by Gasteiger charge is -2.19. The third-order valence-corrected chi connectivity index (χ3v) is 4.21. The number of carbonyl (C=O) groups excluding carboxylic acids is 2. The summed E-state index contributed by atoms with van der Waals surface area (Å²) in [6.45, 7) is 7.79. The Labute approximate surface area is 164 Å². The number of rotatable bonds is 6. The molecule has 0 unspecified atom stereocenters. The first-order valence-corrected chi connectivity index (χ1v) is 8.86. The van der Waals surface area contributed by atoms with Crippen LogP contribution in [0.2, 0.25) is 0 Å². The molecule has 2 aromatic rings. The largest absolute Gasteiger partial charge is 0.451 e. The molecule has 0 saturated heterocycles. The Morgan fingerprint density at radius 3 is 2.11 bits per heavy atom. The molecule has 0 radical (unpaired) electrons. The molecule has 0 aromatic heterocycles. The second-order valence-electron chi connectivity index (χ2n) is 7.45. The van der Waals surface area contributed by atoms with Gasteiger partial charge in [-0.2, -0.15) is 0 Å². The normalized spacial score (nSPS) is 12.6. The highest BCUT2D eigenvalue weighted by Crippen LogP contribution is 2.22. The van der Waals surface area contributed by atoms with Gasteiger partial charge in [-0.15, -0.1) is 0 Å². The Bertz CT molecular complexity index is 890. The maximum absolute atomic E-state index is 12.5. The minimum Gasteiger partial charge on any atom is -0.451 e. The van der Waals surface area contributed by atoms with Crippen molar-refractivity contribution in [2.75, 3.05) is 0 Å². The first-order valence-electron chi connectivity index (χ1n) is 8.86. The van der Waals surface area contributed by atoms with Gasteiger partial charge in [0.25, 0.3) is 5.69 Å². The second kappa shape index (κ2) is 8.61. The predicted octanol–water partition coefficient (Wildman–Crippen LogP) is 4.72. The summed E-state index contributed by atoms with van der Waals surface area (Å²) in [6, 6.07) is 13.0. The lowest BCUT2D eigenvalue weighted by Crippen LogP contribution is -2.23. The Morgan fingerprint density at radius 1 is 1.04 bits per heavy atom. The summed E-state index contributed by atoms with van der Waals surface area (Å²) in [5.74, 6) is -0.942. The summed E-state index contributed by atoms with van der Waals surface area (Å²) < 4.78 is 5.16. The number of non-ortho nitro benzene ring substituents is 1. The summed E-state index contributed by atoms with van der Waals surface area (Å²) >= 11 is 0. The Hall–Kier alpha value is -3.28. The summed E-state index contributed by atoms with van der Waals surface area (Å²) in [7, 11) is 0. The molecular formula is C22H23NO5. The number of nitro benzene ring substituents is 1. The van der Waals surface area contributed by atoms with Crippen molar-refractivity contribution in [1.82, 2.24) is 0 Å². The van der Waals surface area contributed by atoms with Crippen LogP contribution in [0.5, 0.6) is 0 Å². The smallest absolute Gasteiger partial charge is 0.331 e. The van der Waals surface area contributed by atoms with E-state index in [-0.39, 0.29) is 16.9 Å². The zero-order valence-corrected chi connectivity index (χ0v) is 16.3. The van der Waals surface area contributed by atoms with Crippen LogP contribution in [0.3, 0.4) is 0 Å². The fourth-order valence-electron chi connectivity index (χ4n) is 2.51. The number of nitrogens with zero attached hydrogens (tertiary/aromatic N) is 1. The molecule has 0 heterocycles. The maximum atomic E-state index is 12.5. The van der Waals surface area contributed by atoms with Crippen LogP contribution in [-0.2, 0) is 14.9 Å². The molecule has 6 nitrogen and oxygen atoms in total. The van der Waals surface area contributed by atoms with Gasteiger partial charge in [-0.25, -0.2) is 4.79 Å². The number of benzene rings is 2. The van der Waals surface area contributed by atoms with Gasteiger partial charge in [0.15, 0.2) is 6.10 Å². The van der Waals surface area contributed by atoms with Crippen LogP contribution < -0.4 is 0 Å². The predicted molar refractivity (Wildman–Crippen MR) is 107 cm³/mol. The first kappa shape index (κ1) is 21.0. The van der Waals surface area contributed by atoms with E-state index in [4.69, 9.17) is 4.74 Å². The molecule has 0 aliphatic heterocycles. The van der Waals surface area contributed by atoms with E-state index in [0.717, 1.165) is 5.56 Å². The van der Waals surface area contributed by atoms with Gasteiger partial charge in [0.2, 0.25) is 5.78 Å². The van der Waals surface area contributed by atoms with Gasteiger partial charge < -0.3 is 4.74 Å². The van der Waals surface area contributed by atoms with E-state index >= 15 is 0 Å². The molecule has 146 valence electrons. The van der Waals surface area contributed by atoms with E-state index in [1.165, 1.54) is 43.3 Å². The molecule has 1 atom stereocenters. The van der Waals surface area contributed by atoms with Crippen LogP contribution in [0, 0.1) is 10.1 Å². The van der Waals surface area contributed by atoms with Crippen molar-refractivity contribution in [1.29, 1.82) is 0 Å². The van der Waals surface area contributed by atoms with Crippen molar-refractivity contribution in [3.05, 3.63) is 81.4 Å². The van der Waals surface area contributed by atoms with Crippen LogP contribution in [0.15, 0.2) is 54.6 Å². The van der Waals surface area contributed by atoms with E-state index < -0.39 is 17.0 Å². The molecule has 0 bridgehead atoms. The summed E-state index contributed by atoms with van der Waals surface area (Å²) in [5, 5.41) is 10.6. The molecule has 0 saturated carbocycles. The van der Waals surface area contributed by atoms with Crippen LogP contribution in [0.25, 0.3) is 6.08 Å². The van der Waals surface area contributed by atoms with Gasteiger partial charge in [0, 0.05) is 23.8 Å². The Morgan fingerprint density at radius 2 is 1.61 bits per heavy atom. The highest BCUT2D eigenvalue weighted by Gasteiger charge is 2.20. The topological polar surface area (TPSA) is 86.5 Å². The average Bonchev–Trinajstić information content (AvgIpc) is 2.65. The maximum Gasteiger partial charge on any atom is 0.331 e. The zero-order chi connectivity index (χ0) is 20.9. The number of Topliss-reactive ketones (excluding diaryl/α,β-unsaturated/α-hetero) is 1. The van der Waals surface area contributed by atoms with Crippen LogP contribution >= 0.6 is 0 Å². The molecule has 0 aliphatic carbocycles. The number of esters is 1. The number of nitro groups is 1. The van der Waals surface area contributed by atoms with Crippen LogP contribution in [0.4, 0.5) is 5.69 Å². The lowest BCUT2D eigenvalue weighted by molar-refractivity contribution is -0.384. The fraction of sp³-hybridized carbons (Fsp3) is 0.273. The van der Waals surface area contributed by atoms with E-state index in [2.05, 4.69) is 20.8 Å². The van der Waals surface area contributed by atoms with Crippen molar-refractivity contribution in [3.8, 4) is 0 Å². The minimum absolute atomic E-state index is 0.0116. The van der Waals surface area contributed by atoms with Crippen molar-refractivity contribution < 1.29 is 19.2 Å². The van der Waals surface area contributed by atoms with Gasteiger partial charge >= 0.3 is 5.97 Å². The van der Waals surface area contributed by atoms with Gasteiger partial charge in [0.1, 0.15) is 0 Å². The highest BCUT2D eigenvalue weighted by atomic mass is 16.6. The van der Waals surface area contributed by atoms with Crippen molar-refractivity contribution in [2.24, 2.45) is 0 Å². The monoisotopic (exact) mass is 381 g/mol. The van der Waals surface area contributed by atoms with E-state index in [1.807, 2.05) is 12.1 Å². The number of carbonyl (C=O) groups is 2. The summed E-state index contributed by atoms with van der Waals surface area (Å²) in [4.78, 5) is 34.5. The van der Waals surface area contributed by atoms with E-state index in [1.54, 1.807) is 12.1 Å². The highest BCUT2D eigenvalue weighted by molar-refractivity contribution is 6.01. The second-order valence-corrected chi connectivity index (χ2v) is 7.45. The number of hydrogen-bond acceptors (Lipinski definition) is 5. The first-order chi connectivity index (χ1) is 13.1. The quantitative estimate of drug-likeness (QED) is 0.238. The van der Waals surface area contributed by atoms with Crippen LogP contribution in [0.1, 0.15) is 49.2 Å². The number of hydrogen-bond donors (Lipinski definition) is 0. The lowest BCUT2D eigenvalue weighted by atomic mass is 9.86. The molecule has 0 amide bonds. The van der Waals surface area contributed by atoms with Crippen molar-refractivity contribution in [2.45, 2.75) is 39.2 Å². The third-order valence-electron chi connectivity index (χ3n) is 4.21. The Kier molecular flexibility index (Phi) is 6.46. The van der Waals surface area contributed by atoms with Crippen molar-refractivity contribution in [3.63, 3.8) is 0 Å². The molecule has 0 spiro atoms. The standard InChI is InChI=1S/C22H23NO5/c1-15(21(25)17-8-10-18(11-9-17)22(2,3)4)28-20(24)14-7-16-5-12-19(13-6-16)23(26)27/h5-15H,1-4H3/b14-7+/t15-/m0/s1. The summed E-state index contributed by atoms with van der Waals surface area (Å²) in [6.07, 6.45) is 1.74. The molecule has 28 heavy (non-hydrogen) atoms. The summed E-state index contributed by atoms with van der Waals surface area (Å²) in [5.41, 5.74) is 2.16. The average molecular weight is 381 g/mol. The Balaban J connectivity index is 1.97. The molecular weight excluding hydrogens is 358 g/mol. The molecule has 2 aromatic carbocycles. The van der Waals surface area contributed by atoms with E-state index in [9.17, 15) is 19.7 Å². The van der Waals surface area contributed by atoms with E-state index in [0.29, 0.717) is 11.1 Å². The molecule has 0 N–H and O–H groups in total.